The summed E-state index contributed by atoms with van der Waals surface area (Å²) in [6.45, 7) is 0.00190. The zero-order chi connectivity index (χ0) is 21.9. The van der Waals surface area contributed by atoms with Gasteiger partial charge in [-0.05, 0) is 35.4 Å². The van der Waals surface area contributed by atoms with Gasteiger partial charge in [-0.15, -0.1) is 12.4 Å². The zero-order valence-electron chi connectivity index (χ0n) is 17.3. The molecule has 1 atom stereocenters. The van der Waals surface area contributed by atoms with E-state index >= 15 is 0 Å². The van der Waals surface area contributed by atoms with Gasteiger partial charge in [0.05, 0.1) is 13.7 Å². The van der Waals surface area contributed by atoms with Crippen molar-refractivity contribution in [2.75, 3.05) is 33.6 Å². The monoisotopic (exact) mass is 469 g/mol. The molecule has 0 fully saturated rings. The van der Waals surface area contributed by atoms with Gasteiger partial charge in [-0.1, -0.05) is 24.3 Å². The third-order valence-electron chi connectivity index (χ3n) is 4.76. The van der Waals surface area contributed by atoms with Crippen molar-refractivity contribution in [3.05, 3.63) is 59.7 Å². The van der Waals surface area contributed by atoms with Crippen molar-refractivity contribution in [1.82, 2.24) is 4.90 Å². The third kappa shape index (κ3) is 4.76. The first kappa shape index (κ1) is 24.4. The number of methoxy groups -OCH3 is 2. The molecule has 168 valence electrons. The molecule has 9 nitrogen and oxygen atoms in total. The van der Waals surface area contributed by atoms with E-state index in [2.05, 4.69) is 4.99 Å². The number of carbonyl (C=O) groups excluding carboxylic acids is 1. The molecule has 0 spiro atoms. The van der Waals surface area contributed by atoms with Crippen LogP contribution < -0.4 is 14.7 Å². The van der Waals surface area contributed by atoms with E-state index in [1.54, 1.807) is 43.5 Å². The number of carbonyl (C=O) groups is 1. The van der Waals surface area contributed by atoms with Crippen molar-refractivity contribution < 1.29 is 26.9 Å². The molecule has 2 N–H and O–H groups in total. The summed E-state index contributed by atoms with van der Waals surface area (Å²) in [6, 6.07) is 13.1. The fourth-order valence-corrected chi connectivity index (χ4v) is 4.01. The number of guanidine groups is 1. The summed E-state index contributed by atoms with van der Waals surface area (Å²) >= 11 is 0. The molecule has 31 heavy (non-hydrogen) atoms. The van der Waals surface area contributed by atoms with E-state index < -0.39 is 15.7 Å². The van der Waals surface area contributed by atoms with Crippen LogP contribution in [0.4, 0.5) is 0 Å². The van der Waals surface area contributed by atoms with Crippen molar-refractivity contribution in [3.63, 3.8) is 0 Å². The van der Waals surface area contributed by atoms with Crippen molar-refractivity contribution in [1.29, 1.82) is 0 Å². The molecule has 1 amide bonds. The van der Waals surface area contributed by atoms with Gasteiger partial charge in [-0.3, -0.25) is 9.69 Å². The lowest BCUT2D eigenvalue weighted by atomic mass is 9.82. The number of ether oxygens (including phenoxy) is 2. The SMILES string of the molecule is COCCS(=O)(=O)Oc1cccc(C2(c3ccc(OC)cc3)N=C(N)N(C)C2=O)c1.Cl. The van der Waals surface area contributed by atoms with Crippen LogP contribution in [0.5, 0.6) is 11.5 Å². The van der Waals surface area contributed by atoms with Gasteiger partial charge in [0, 0.05) is 14.2 Å². The van der Waals surface area contributed by atoms with Gasteiger partial charge in [0.25, 0.3) is 5.91 Å². The average molecular weight is 470 g/mol. The summed E-state index contributed by atoms with van der Waals surface area (Å²) in [6.07, 6.45) is 0. The number of rotatable bonds is 8. The molecule has 0 bridgehead atoms. The Hall–Kier alpha value is -2.82. The number of nitrogens with two attached hydrogens (primary N) is 1. The first-order valence-electron chi connectivity index (χ1n) is 9.03. The van der Waals surface area contributed by atoms with Crippen LogP contribution in [0, 0.1) is 0 Å². The van der Waals surface area contributed by atoms with Gasteiger partial charge in [-0.25, -0.2) is 4.99 Å². The summed E-state index contributed by atoms with van der Waals surface area (Å²) in [5.41, 5.74) is 5.46. The lowest BCUT2D eigenvalue weighted by Gasteiger charge is -2.26. The molecular weight excluding hydrogens is 446 g/mol. The predicted molar refractivity (Wildman–Crippen MR) is 118 cm³/mol. The summed E-state index contributed by atoms with van der Waals surface area (Å²) in [5.74, 6) is 0.0578. The Kier molecular flexibility index (Phi) is 7.53. The number of nitrogens with zero attached hydrogens (tertiary/aromatic N) is 2. The predicted octanol–water partition coefficient (Wildman–Crippen LogP) is 1.50. The third-order valence-corrected chi connectivity index (χ3v) is 5.87. The van der Waals surface area contributed by atoms with Crippen LogP contribution in [0.3, 0.4) is 0 Å². The Morgan fingerprint density at radius 3 is 2.29 bits per heavy atom. The Morgan fingerprint density at radius 1 is 1.06 bits per heavy atom. The molecule has 0 aliphatic carbocycles. The smallest absolute Gasteiger partial charge is 0.311 e. The van der Waals surface area contributed by atoms with Gasteiger partial charge < -0.3 is 19.4 Å². The van der Waals surface area contributed by atoms with Crippen LogP contribution >= 0.6 is 12.4 Å². The van der Waals surface area contributed by atoms with Gasteiger partial charge in [-0.2, -0.15) is 8.42 Å². The summed E-state index contributed by atoms with van der Waals surface area (Å²) in [7, 11) is 0.611. The largest absolute Gasteiger partial charge is 0.497 e. The molecule has 0 saturated carbocycles. The Balaban J connectivity index is 0.00000341. The maximum atomic E-state index is 13.3. The molecule has 1 aliphatic heterocycles. The van der Waals surface area contributed by atoms with E-state index in [0.717, 1.165) is 0 Å². The van der Waals surface area contributed by atoms with Gasteiger partial charge in [0.1, 0.15) is 17.3 Å². The number of amides is 1. The standard InChI is InChI=1S/C20H23N3O6S.ClH/c1-23-18(24)20(22-19(23)21,14-7-9-16(28-3)10-8-14)15-5-4-6-17(13-15)29-30(25,26)12-11-27-2;/h4-10,13H,11-12H2,1-3H3,(H2,21,22);1H. The minimum absolute atomic E-state index is 0. The van der Waals surface area contributed by atoms with Crippen LogP contribution in [0.2, 0.25) is 0 Å². The molecule has 11 heteroatoms. The molecule has 2 aromatic rings. The summed E-state index contributed by atoms with van der Waals surface area (Å²) < 4.78 is 39.5. The van der Waals surface area contributed by atoms with Crippen molar-refractivity contribution in [2.24, 2.45) is 10.7 Å². The molecule has 3 rings (SSSR count). The highest BCUT2D eigenvalue weighted by Gasteiger charge is 2.49. The van der Waals surface area contributed by atoms with Crippen molar-refractivity contribution >= 4 is 34.4 Å². The first-order valence-corrected chi connectivity index (χ1v) is 10.6. The van der Waals surface area contributed by atoms with E-state index in [1.165, 1.54) is 31.2 Å². The molecule has 0 saturated heterocycles. The molecule has 0 radical (unpaired) electrons. The fraction of sp³-hybridized carbons (Fsp3) is 0.300. The van der Waals surface area contributed by atoms with Gasteiger partial charge in [0.2, 0.25) is 0 Å². The second-order valence-corrected chi connectivity index (χ2v) is 8.33. The van der Waals surface area contributed by atoms with Crippen molar-refractivity contribution in [3.8, 4) is 11.5 Å². The minimum Gasteiger partial charge on any atom is -0.497 e. The number of likely N-dealkylation sites (N-methyl/N-ethyl adjacent to an activating group) is 1. The van der Waals surface area contributed by atoms with E-state index in [1.807, 2.05) is 0 Å². The van der Waals surface area contributed by atoms with Gasteiger partial charge in [0.15, 0.2) is 11.5 Å². The van der Waals surface area contributed by atoms with E-state index in [0.29, 0.717) is 16.9 Å². The second kappa shape index (κ2) is 9.54. The molecule has 1 heterocycles. The summed E-state index contributed by atoms with van der Waals surface area (Å²) in [4.78, 5) is 19.0. The highest BCUT2D eigenvalue weighted by molar-refractivity contribution is 7.87. The number of benzene rings is 2. The highest BCUT2D eigenvalue weighted by atomic mass is 35.5. The number of hydrogen-bond acceptors (Lipinski definition) is 8. The maximum Gasteiger partial charge on any atom is 0.311 e. The van der Waals surface area contributed by atoms with Crippen LogP contribution in [0.15, 0.2) is 53.5 Å². The molecule has 1 unspecified atom stereocenters. The second-order valence-electron chi connectivity index (χ2n) is 6.64. The highest BCUT2D eigenvalue weighted by Crippen LogP contribution is 2.40. The van der Waals surface area contributed by atoms with E-state index in [9.17, 15) is 13.2 Å². The maximum absolute atomic E-state index is 13.3. The molecule has 1 aliphatic rings. The van der Waals surface area contributed by atoms with E-state index in [4.69, 9.17) is 19.4 Å². The Labute approximate surface area is 187 Å². The summed E-state index contributed by atoms with van der Waals surface area (Å²) in [5, 5.41) is 0. The Bertz CT molecular complexity index is 1070. The fourth-order valence-electron chi connectivity index (χ4n) is 3.16. The Morgan fingerprint density at radius 2 is 1.74 bits per heavy atom. The van der Waals surface area contributed by atoms with Crippen LogP contribution in [-0.4, -0.2) is 58.8 Å². The lowest BCUT2D eigenvalue weighted by molar-refractivity contribution is -0.129. The average Bonchev–Trinajstić information content (AvgIpc) is 2.97. The molecule has 2 aromatic carbocycles. The number of aliphatic imine (C=N–C) groups is 1. The van der Waals surface area contributed by atoms with Gasteiger partial charge >= 0.3 is 10.1 Å². The van der Waals surface area contributed by atoms with Crippen LogP contribution in [0.25, 0.3) is 0 Å². The first-order chi connectivity index (χ1) is 14.2. The lowest BCUT2D eigenvalue weighted by Crippen LogP contribution is -2.41. The normalized spacial score (nSPS) is 18.4. The van der Waals surface area contributed by atoms with Crippen molar-refractivity contribution in [2.45, 2.75) is 5.54 Å². The zero-order valence-corrected chi connectivity index (χ0v) is 18.9. The minimum atomic E-state index is -3.86. The van der Waals surface area contributed by atoms with Crippen LogP contribution in [-0.2, 0) is 25.2 Å². The van der Waals surface area contributed by atoms with E-state index in [-0.39, 0.29) is 42.4 Å². The quantitative estimate of drug-likeness (QED) is 0.581. The van der Waals surface area contributed by atoms with Crippen LogP contribution in [0.1, 0.15) is 11.1 Å². The number of hydrogen-bond donors (Lipinski definition) is 1. The molecular formula is C20H24ClN3O6S. The number of halogens is 1. The topological polar surface area (TPSA) is 121 Å². The molecule has 0 aromatic heterocycles.